The molecular formula is C21H24N2O2. The van der Waals surface area contributed by atoms with Gasteiger partial charge >= 0.3 is 0 Å². The minimum atomic E-state index is -0.718. The molecule has 0 fully saturated rings. The van der Waals surface area contributed by atoms with Crippen molar-refractivity contribution in [1.82, 2.24) is 4.90 Å². The zero-order chi connectivity index (χ0) is 17.9. The molecule has 1 amide bonds. The molecular weight excluding hydrogens is 312 g/mol. The van der Waals surface area contributed by atoms with Gasteiger partial charge in [0, 0.05) is 17.8 Å². The number of para-hydroxylation sites is 2. The van der Waals surface area contributed by atoms with Crippen LogP contribution in [0.3, 0.4) is 0 Å². The number of hydrogen-bond acceptors (Lipinski definition) is 3. The number of hydrogen-bond donors (Lipinski definition) is 1. The maximum atomic E-state index is 13.1. The van der Waals surface area contributed by atoms with E-state index < -0.39 is 5.66 Å². The van der Waals surface area contributed by atoms with Crippen LogP contribution in [0.25, 0.3) is 0 Å². The molecule has 1 aliphatic rings. The normalized spacial score (nSPS) is 19.1. The molecule has 0 radical (unpaired) electrons. The fourth-order valence-corrected chi connectivity index (χ4v) is 3.27. The van der Waals surface area contributed by atoms with E-state index in [1.54, 1.807) is 11.0 Å². The SMILES string of the molecule is C=CCN1C(=O)c2ccccc2NC1(C)c1ccccc1OCCC. The number of rotatable bonds is 6. The quantitative estimate of drug-likeness (QED) is 0.795. The zero-order valence-electron chi connectivity index (χ0n) is 14.8. The van der Waals surface area contributed by atoms with Crippen LogP contribution in [0.15, 0.2) is 61.2 Å². The van der Waals surface area contributed by atoms with Crippen LogP contribution in [0.4, 0.5) is 5.69 Å². The zero-order valence-corrected chi connectivity index (χ0v) is 14.8. The predicted molar refractivity (Wildman–Crippen MR) is 101 cm³/mol. The van der Waals surface area contributed by atoms with E-state index in [9.17, 15) is 4.79 Å². The van der Waals surface area contributed by atoms with Crippen molar-refractivity contribution >= 4 is 11.6 Å². The Balaban J connectivity index is 2.12. The summed E-state index contributed by atoms with van der Waals surface area (Å²) in [5.74, 6) is 0.780. The summed E-state index contributed by atoms with van der Waals surface area (Å²) >= 11 is 0. The Morgan fingerprint density at radius 3 is 2.68 bits per heavy atom. The molecule has 25 heavy (non-hydrogen) atoms. The summed E-state index contributed by atoms with van der Waals surface area (Å²) < 4.78 is 5.95. The van der Waals surface area contributed by atoms with E-state index >= 15 is 0 Å². The number of anilines is 1. The number of fused-ring (bicyclic) bond motifs is 1. The third-order valence-corrected chi connectivity index (χ3v) is 4.51. The predicted octanol–water partition coefficient (Wildman–Crippen LogP) is 4.40. The first-order valence-corrected chi connectivity index (χ1v) is 8.64. The van der Waals surface area contributed by atoms with Crippen molar-refractivity contribution in [3.05, 3.63) is 72.3 Å². The van der Waals surface area contributed by atoms with Crippen LogP contribution >= 0.6 is 0 Å². The van der Waals surface area contributed by atoms with Crippen molar-refractivity contribution < 1.29 is 9.53 Å². The van der Waals surface area contributed by atoms with Gasteiger partial charge in [-0.05, 0) is 31.5 Å². The fraction of sp³-hybridized carbons (Fsp3) is 0.286. The lowest BCUT2D eigenvalue weighted by Gasteiger charge is -2.46. The molecule has 0 saturated heterocycles. The Labute approximate surface area is 149 Å². The van der Waals surface area contributed by atoms with Gasteiger partial charge in [0.25, 0.3) is 5.91 Å². The van der Waals surface area contributed by atoms with Crippen LogP contribution < -0.4 is 10.1 Å². The highest BCUT2D eigenvalue weighted by Gasteiger charge is 2.43. The number of amides is 1. The van der Waals surface area contributed by atoms with Gasteiger partial charge in [0.1, 0.15) is 11.4 Å². The fourth-order valence-electron chi connectivity index (χ4n) is 3.27. The first-order valence-electron chi connectivity index (χ1n) is 8.64. The van der Waals surface area contributed by atoms with E-state index in [0.717, 1.165) is 23.4 Å². The van der Waals surface area contributed by atoms with E-state index in [-0.39, 0.29) is 5.91 Å². The Morgan fingerprint density at radius 2 is 1.92 bits per heavy atom. The standard InChI is InChI=1S/C21H24N2O2/c1-4-14-23-20(24)16-10-6-8-12-18(16)22-21(23,3)17-11-7-9-13-19(17)25-15-5-2/h4,6-13,22H,1,5,14-15H2,2-3H3. The van der Waals surface area contributed by atoms with Gasteiger partial charge in [-0.15, -0.1) is 6.58 Å². The Morgan fingerprint density at radius 1 is 1.20 bits per heavy atom. The van der Waals surface area contributed by atoms with E-state index in [1.165, 1.54) is 0 Å². The van der Waals surface area contributed by atoms with Crippen LogP contribution in [0.1, 0.15) is 36.2 Å². The number of ether oxygens (including phenoxy) is 1. The lowest BCUT2D eigenvalue weighted by atomic mass is 9.92. The van der Waals surface area contributed by atoms with Crippen LogP contribution in [0, 0.1) is 0 Å². The van der Waals surface area contributed by atoms with E-state index in [4.69, 9.17) is 4.74 Å². The highest BCUT2D eigenvalue weighted by molar-refractivity contribution is 6.02. The number of nitrogens with one attached hydrogen (secondary N) is 1. The summed E-state index contributed by atoms with van der Waals surface area (Å²) in [6.45, 7) is 8.99. The third kappa shape index (κ3) is 3.00. The van der Waals surface area contributed by atoms with Gasteiger partial charge in [0.15, 0.2) is 0 Å². The van der Waals surface area contributed by atoms with Crippen LogP contribution in [0.2, 0.25) is 0 Å². The van der Waals surface area contributed by atoms with Gasteiger partial charge in [-0.1, -0.05) is 43.3 Å². The van der Waals surface area contributed by atoms with Gasteiger partial charge in [-0.3, -0.25) is 4.79 Å². The number of carbonyl (C=O) groups is 1. The molecule has 0 bridgehead atoms. The molecule has 2 aromatic rings. The third-order valence-electron chi connectivity index (χ3n) is 4.51. The van der Waals surface area contributed by atoms with Gasteiger partial charge < -0.3 is 15.0 Å². The maximum Gasteiger partial charge on any atom is 0.258 e. The van der Waals surface area contributed by atoms with Gasteiger partial charge in [-0.2, -0.15) is 0 Å². The molecule has 1 unspecified atom stereocenters. The molecule has 3 rings (SSSR count). The van der Waals surface area contributed by atoms with Crippen molar-refractivity contribution in [2.45, 2.75) is 25.9 Å². The number of nitrogens with zero attached hydrogens (tertiary/aromatic N) is 1. The smallest absolute Gasteiger partial charge is 0.258 e. The summed E-state index contributed by atoms with van der Waals surface area (Å²) in [5, 5.41) is 3.55. The molecule has 1 aliphatic heterocycles. The maximum absolute atomic E-state index is 13.1. The minimum Gasteiger partial charge on any atom is -0.493 e. The van der Waals surface area contributed by atoms with E-state index in [0.29, 0.717) is 18.7 Å². The molecule has 0 spiro atoms. The van der Waals surface area contributed by atoms with Gasteiger partial charge in [0.05, 0.1) is 12.2 Å². The average Bonchev–Trinajstić information content (AvgIpc) is 2.63. The average molecular weight is 336 g/mol. The first kappa shape index (κ1) is 17.1. The highest BCUT2D eigenvalue weighted by Crippen LogP contribution is 2.41. The summed E-state index contributed by atoms with van der Waals surface area (Å²) in [6.07, 6.45) is 2.68. The summed E-state index contributed by atoms with van der Waals surface area (Å²) in [6, 6.07) is 15.5. The van der Waals surface area contributed by atoms with Gasteiger partial charge in [-0.25, -0.2) is 0 Å². The van der Waals surface area contributed by atoms with E-state index in [1.807, 2.05) is 55.5 Å². The van der Waals surface area contributed by atoms with E-state index in [2.05, 4.69) is 18.8 Å². The lowest BCUT2D eigenvalue weighted by Crippen LogP contribution is -2.56. The molecule has 4 heteroatoms. The van der Waals surface area contributed by atoms with Crippen LogP contribution in [-0.2, 0) is 5.66 Å². The topological polar surface area (TPSA) is 41.6 Å². The van der Waals surface area contributed by atoms with Crippen LogP contribution in [-0.4, -0.2) is 24.0 Å². The van der Waals surface area contributed by atoms with Crippen molar-refractivity contribution in [2.24, 2.45) is 0 Å². The number of carbonyl (C=O) groups excluding carboxylic acids is 1. The molecule has 0 aromatic heterocycles. The molecule has 1 heterocycles. The minimum absolute atomic E-state index is 0.0120. The molecule has 130 valence electrons. The van der Waals surface area contributed by atoms with Crippen molar-refractivity contribution in [2.75, 3.05) is 18.5 Å². The molecule has 0 saturated carbocycles. The second-order valence-electron chi connectivity index (χ2n) is 6.29. The Bertz CT molecular complexity index is 787. The molecule has 1 atom stereocenters. The lowest BCUT2D eigenvalue weighted by molar-refractivity contribution is 0.0567. The van der Waals surface area contributed by atoms with Crippen molar-refractivity contribution in [3.63, 3.8) is 0 Å². The Kier molecular flexibility index (Phi) is 4.79. The van der Waals surface area contributed by atoms with Crippen molar-refractivity contribution in [3.8, 4) is 5.75 Å². The summed E-state index contributed by atoms with van der Waals surface area (Å²) in [5.41, 5.74) is 1.73. The van der Waals surface area contributed by atoms with Crippen LogP contribution in [0.5, 0.6) is 5.75 Å². The Hall–Kier alpha value is -2.75. The molecule has 0 aliphatic carbocycles. The molecule has 4 nitrogen and oxygen atoms in total. The highest BCUT2D eigenvalue weighted by atomic mass is 16.5. The van der Waals surface area contributed by atoms with Gasteiger partial charge in [0.2, 0.25) is 0 Å². The summed E-state index contributed by atoms with van der Waals surface area (Å²) in [7, 11) is 0. The largest absolute Gasteiger partial charge is 0.493 e. The summed E-state index contributed by atoms with van der Waals surface area (Å²) in [4.78, 5) is 14.9. The number of benzene rings is 2. The van der Waals surface area contributed by atoms with Crippen molar-refractivity contribution in [1.29, 1.82) is 0 Å². The monoisotopic (exact) mass is 336 g/mol. The molecule has 1 N–H and O–H groups in total. The second-order valence-corrected chi connectivity index (χ2v) is 6.29. The first-order chi connectivity index (χ1) is 12.1. The molecule has 2 aromatic carbocycles. The second kappa shape index (κ2) is 7.01.